The number of ether oxygens (including phenoxy) is 1. The molecule has 0 aliphatic carbocycles. The van der Waals surface area contributed by atoms with Gasteiger partial charge in [0, 0.05) is 12.1 Å². The summed E-state index contributed by atoms with van der Waals surface area (Å²) in [6.45, 7) is 5.88. The van der Waals surface area contributed by atoms with Gasteiger partial charge < -0.3 is 10.1 Å². The first-order valence-corrected chi connectivity index (χ1v) is 7.15. The van der Waals surface area contributed by atoms with Crippen LogP contribution >= 0.6 is 34.8 Å². The smallest absolute Gasteiger partial charge is 0.139 e. The molecule has 0 aliphatic heterocycles. The summed E-state index contributed by atoms with van der Waals surface area (Å²) in [5.41, 5.74) is 0. The van der Waals surface area contributed by atoms with E-state index < -0.39 is 0 Å². The van der Waals surface area contributed by atoms with Gasteiger partial charge in [0.25, 0.3) is 0 Å². The number of hydrogen-bond donors (Lipinski definition) is 1. The summed E-state index contributed by atoms with van der Waals surface area (Å²) in [5, 5.41) is 4.74. The Morgan fingerprint density at radius 2 is 1.72 bits per heavy atom. The van der Waals surface area contributed by atoms with Gasteiger partial charge in [-0.3, -0.25) is 0 Å². The first-order chi connectivity index (χ1) is 8.50. The number of halogens is 3. The molecule has 0 unspecified atom stereocenters. The molecule has 0 aromatic heterocycles. The zero-order chi connectivity index (χ0) is 13.5. The highest BCUT2D eigenvalue weighted by Gasteiger charge is 2.06. The van der Waals surface area contributed by atoms with Gasteiger partial charge in [-0.25, -0.2) is 0 Å². The number of benzene rings is 1. The number of nitrogens with one attached hydrogen (secondary N) is 1. The van der Waals surface area contributed by atoms with E-state index in [-0.39, 0.29) is 0 Å². The number of unbranched alkanes of at least 4 members (excludes halogenated alkanes) is 1. The summed E-state index contributed by atoms with van der Waals surface area (Å²) in [4.78, 5) is 0. The maximum Gasteiger partial charge on any atom is 0.139 e. The molecule has 1 aromatic rings. The van der Waals surface area contributed by atoms with Crippen LogP contribution in [0, 0.1) is 0 Å². The topological polar surface area (TPSA) is 21.3 Å². The fourth-order valence-corrected chi connectivity index (χ4v) is 2.01. The standard InChI is InChI=1S/C13H18Cl3NO/c1-9(2)17-5-3-4-6-18-13-8-11(15)10(14)7-12(13)16/h7-9,17H,3-6H2,1-2H3. The molecule has 5 heteroatoms. The molecule has 0 heterocycles. The number of hydrogen-bond acceptors (Lipinski definition) is 2. The van der Waals surface area contributed by atoms with Crippen molar-refractivity contribution < 1.29 is 4.74 Å². The molecule has 1 N–H and O–H groups in total. The number of rotatable bonds is 7. The van der Waals surface area contributed by atoms with Crippen molar-refractivity contribution in [2.45, 2.75) is 32.7 Å². The van der Waals surface area contributed by atoms with Crippen molar-refractivity contribution in [3.63, 3.8) is 0 Å². The largest absolute Gasteiger partial charge is 0.492 e. The molecule has 0 radical (unpaired) electrons. The van der Waals surface area contributed by atoms with Gasteiger partial charge in [-0.2, -0.15) is 0 Å². The Balaban J connectivity index is 2.29. The van der Waals surface area contributed by atoms with Crippen LogP contribution in [0.3, 0.4) is 0 Å². The van der Waals surface area contributed by atoms with Crippen LogP contribution in [0.2, 0.25) is 15.1 Å². The van der Waals surface area contributed by atoms with Crippen LogP contribution in [0.25, 0.3) is 0 Å². The van der Waals surface area contributed by atoms with Crippen molar-refractivity contribution in [3.8, 4) is 5.75 Å². The van der Waals surface area contributed by atoms with Gasteiger partial charge in [0.1, 0.15) is 5.75 Å². The van der Waals surface area contributed by atoms with Crippen LogP contribution in [0.4, 0.5) is 0 Å². The Bertz CT molecular complexity index is 383. The van der Waals surface area contributed by atoms with Crippen molar-refractivity contribution in [2.75, 3.05) is 13.2 Å². The zero-order valence-electron chi connectivity index (χ0n) is 10.6. The fraction of sp³-hybridized carbons (Fsp3) is 0.538. The highest BCUT2D eigenvalue weighted by molar-refractivity contribution is 6.43. The average molecular weight is 311 g/mol. The molecular weight excluding hydrogens is 293 g/mol. The molecule has 0 spiro atoms. The normalized spacial score (nSPS) is 11.0. The van der Waals surface area contributed by atoms with E-state index in [1.807, 2.05) is 0 Å². The summed E-state index contributed by atoms with van der Waals surface area (Å²) >= 11 is 17.7. The molecule has 0 aliphatic rings. The molecule has 0 saturated heterocycles. The maximum atomic E-state index is 6.00. The Morgan fingerprint density at radius 3 is 2.39 bits per heavy atom. The molecular formula is C13H18Cl3NO. The van der Waals surface area contributed by atoms with E-state index in [1.54, 1.807) is 12.1 Å². The second-order valence-electron chi connectivity index (χ2n) is 4.36. The van der Waals surface area contributed by atoms with E-state index in [1.165, 1.54) is 0 Å². The van der Waals surface area contributed by atoms with Gasteiger partial charge >= 0.3 is 0 Å². The summed E-state index contributed by atoms with van der Waals surface area (Å²) in [6.07, 6.45) is 2.04. The molecule has 0 fully saturated rings. The van der Waals surface area contributed by atoms with Gasteiger partial charge in [0.15, 0.2) is 0 Å². The van der Waals surface area contributed by atoms with E-state index in [4.69, 9.17) is 39.5 Å². The molecule has 102 valence electrons. The second kappa shape index (κ2) is 8.11. The third kappa shape index (κ3) is 5.66. The molecule has 18 heavy (non-hydrogen) atoms. The summed E-state index contributed by atoms with van der Waals surface area (Å²) in [7, 11) is 0. The zero-order valence-corrected chi connectivity index (χ0v) is 12.9. The molecule has 0 bridgehead atoms. The lowest BCUT2D eigenvalue weighted by Gasteiger charge is -2.10. The Hall–Kier alpha value is -0.150. The van der Waals surface area contributed by atoms with E-state index in [2.05, 4.69) is 19.2 Å². The fourth-order valence-electron chi connectivity index (χ4n) is 1.41. The van der Waals surface area contributed by atoms with Crippen LogP contribution in [0.5, 0.6) is 5.75 Å². The lowest BCUT2D eigenvalue weighted by Crippen LogP contribution is -2.23. The van der Waals surface area contributed by atoms with E-state index in [0.717, 1.165) is 19.4 Å². The van der Waals surface area contributed by atoms with Gasteiger partial charge in [0.2, 0.25) is 0 Å². The van der Waals surface area contributed by atoms with Crippen molar-refractivity contribution >= 4 is 34.8 Å². The van der Waals surface area contributed by atoms with Gasteiger partial charge in [-0.05, 0) is 25.5 Å². The van der Waals surface area contributed by atoms with Crippen molar-refractivity contribution in [2.24, 2.45) is 0 Å². The van der Waals surface area contributed by atoms with Crippen molar-refractivity contribution in [1.29, 1.82) is 0 Å². The van der Waals surface area contributed by atoms with Gasteiger partial charge in [0.05, 0.1) is 21.7 Å². The molecule has 1 rings (SSSR count). The molecule has 2 nitrogen and oxygen atoms in total. The lowest BCUT2D eigenvalue weighted by molar-refractivity contribution is 0.305. The molecule has 1 aromatic carbocycles. The highest BCUT2D eigenvalue weighted by atomic mass is 35.5. The van der Waals surface area contributed by atoms with Crippen LogP contribution < -0.4 is 10.1 Å². The van der Waals surface area contributed by atoms with Crippen LogP contribution in [0.1, 0.15) is 26.7 Å². The van der Waals surface area contributed by atoms with Crippen molar-refractivity contribution in [1.82, 2.24) is 5.32 Å². The predicted molar refractivity (Wildman–Crippen MR) is 79.3 cm³/mol. The summed E-state index contributed by atoms with van der Waals surface area (Å²) < 4.78 is 5.58. The minimum absolute atomic E-state index is 0.440. The first kappa shape index (κ1) is 15.9. The van der Waals surface area contributed by atoms with Crippen LogP contribution in [-0.4, -0.2) is 19.2 Å². The van der Waals surface area contributed by atoms with E-state index in [9.17, 15) is 0 Å². The first-order valence-electron chi connectivity index (χ1n) is 6.01. The van der Waals surface area contributed by atoms with E-state index in [0.29, 0.717) is 33.5 Å². The monoisotopic (exact) mass is 309 g/mol. The van der Waals surface area contributed by atoms with Crippen molar-refractivity contribution in [3.05, 3.63) is 27.2 Å². The van der Waals surface area contributed by atoms with Gasteiger partial charge in [-0.15, -0.1) is 0 Å². The quantitative estimate of drug-likeness (QED) is 0.577. The van der Waals surface area contributed by atoms with E-state index >= 15 is 0 Å². The Kier molecular flexibility index (Phi) is 7.16. The SMILES string of the molecule is CC(C)NCCCCOc1cc(Cl)c(Cl)cc1Cl. The Morgan fingerprint density at radius 1 is 1.06 bits per heavy atom. The lowest BCUT2D eigenvalue weighted by atomic mass is 10.3. The third-order valence-electron chi connectivity index (χ3n) is 2.36. The second-order valence-corrected chi connectivity index (χ2v) is 5.58. The van der Waals surface area contributed by atoms with Crippen LogP contribution in [-0.2, 0) is 0 Å². The molecule has 0 atom stereocenters. The third-order valence-corrected chi connectivity index (χ3v) is 3.37. The average Bonchev–Trinajstić information content (AvgIpc) is 2.29. The molecule has 0 saturated carbocycles. The van der Waals surface area contributed by atoms with Crippen LogP contribution in [0.15, 0.2) is 12.1 Å². The summed E-state index contributed by atoms with van der Waals surface area (Å²) in [6, 6.07) is 3.77. The molecule has 0 amide bonds. The predicted octanol–water partition coefficient (Wildman–Crippen LogP) is 4.80. The maximum absolute atomic E-state index is 6.00. The minimum Gasteiger partial charge on any atom is -0.492 e. The van der Waals surface area contributed by atoms with Gasteiger partial charge in [-0.1, -0.05) is 48.7 Å². The summed E-state index contributed by atoms with van der Waals surface area (Å²) in [5.74, 6) is 0.586. The Labute approximate surface area is 124 Å². The minimum atomic E-state index is 0.440. The highest BCUT2D eigenvalue weighted by Crippen LogP contribution is 2.33.